The normalized spacial score (nSPS) is 17.1. The van der Waals surface area contributed by atoms with Crippen molar-refractivity contribution in [3.63, 3.8) is 0 Å². The van der Waals surface area contributed by atoms with Gasteiger partial charge in [-0.15, -0.1) is 0 Å². The van der Waals surface area contributed by atoms with Crippen LogP contribution >= 0.6 is 0 Å². The van der Waals surface area contributed by atoms with Crippen molar-refractivity contribution in [2.75, 3.05) is 19.6 Å². The highest BCUT2D eigenvalue weighted by molar-refractivity contribution is 5.03. The molecule has 3 heterocycles. The standard InChI is InChI=1S/C15H19F3N6O/c16-15(17,18)13-9-14(25)23(11-19-13)10-12-1-5-22(6-2-12)7-8-24-20-3-4-21-24/h3-4,9,11-12H,1-2,5-8,10H2. The third-order valence-electron chi connectivity index (χ3n) is 4.41. The van der Waals surface area contributed by atoms with E-state index in [1.165, 1.54) is 4.57 Å². The number of halogens is 3. The minimum atomic E-state index is -4.59. The number of nitrogens with zero attached hydrogens (tertiary/aromatic N) is 6. The molecule has 1 aliphatic heterocycles. The summed E-state index contributed by atoms with van der Waals surface area (Å²) in [5.41, 5.74) is -1.80. The molecule has 136 valence electrons. The largest absolute Gasteiger partial charge is 0.433 e. The Morgan fingerprint density at radius 1 is 1.12 bits per heavy atom. The Hall–Kier alpha value is -2.23. The highest BCUT2D eigenvalue weighted by Gasteiger charge is 2.33. The molecule has 0 amide bonds. The van der Waals surface area contributed by atoms with Crippen LogP contribution in [-0.2, 0) is 19.3 Å². The smallest absolute Gasteiger partial charge is 0.301 e. The fraction of sp³-hybridized carbons (Fsp3) is 0.600. The fourth-order valence-corrected chi connectivity index (χ4v) is 2.98. The average Bonchev–Trinajstić information content (AvgIpc) is 3.08. The lowest BCUT2D eigenvalue weighted by Gasteiger charge is -2.31. The Bertz CT molecular complexity index is 734. The third kappa shape index (κ3) is 4.65. The number of hydrogen-bond acceptors (Lipinski definition) is 5. The number of alkyl halides is 3. The Kier molecular flexibility index (Phi) is 5.16. The van der Waals surface area contributed by atoms with E-state index < -0.39 is 17.4 Å². The van der Waals surface area contributed by atoms with Crippen molar-refractivity contribution in [3.05, 3.63) is 40.8 Å². The van der Waals surface area contributed by atoms with E-state index in [1.807, 2.05) is 0 Å². The molecule has 0 spiro atoms. The molecule has 0 aliphatic carbocycles. The summed E-state index contributed by atoms with van der Waals surface area (Å²) in [6.07, 6.45) is 1.47. The third-order valence-corrected chi connectivity index (χ3v) is 4.41. The van der Waals surface area contributed by atoms with E-state index in [9.17, 15) is 18.0 Å². The molecule has 0 radical (unpaired) electrons. The number of rotatable bonds is 5. The lowest BCUT2D eigenvalue weighted by atomic mass is 9.96. The van der Waals surface area contributed by atoms with Gasteiger partial charge in [-0.05, 0) is 31.8 Å². The van der Waals surface area contributed by atoms with E-state index in [0.29, 0.717) is 12.6 Å². The van der Waals surface area contributed by atoms with Crippen molar-refractivity contribution in [2.45, 2.75) is 32.1 Å². The van der Waals surface area contributed by atoms with Crippen LogP contribution < -0.4 is 5.56 Å². The summed E-state index contributed by atoms with van der Waals surface area (Å²) in [5, 5.41) is 8.12. The molecule has 0 N–H and O–H groups in total. The zero-order valence-electron chi connectivity index (χ0n) is 13.6. The Balaban J connectivity index is 1.49. The molecule has 0 saturated carbocycles. The van der Waals surface area contributed by atoms with Crippen LogP contribution in [0.4, 0.5) is 13.2 Å². The van der Waals surface area contributed by atoms with Crippen LogP contribution in [0.25, 0.3) is 0 Å². The lowest BCUT2D eigenvalue weighted by molar-refractivity contribution is -0.141. The lowest BCUT2D eigenvalue weighted by Crippen LogP contribution is -2.38. The number of aromatic nitrogens is 5. The first kappa shape index (κ1) is 17.6. The molecular weight excluding hydrogens is 337 g/mol. The predicted octanol–water partition coefficient (Wildman–Crippen LogP) is 1.27. The van der Waals surface area contributed by atoms with Crippen molar-refractivity contribution in [2.24, 2.45) is 5.92 Å². The molecule has 2 aromatic heterocycles. The van der Waals surface area contributed by atoms with Crippen LogP contribution in [0.5, 0.6) is 0 Å². The number of hydrogen-bond donors (Lipinski definition) is 0. The molecule has 2 aromatic rings. The maximum atomic E-state index is 12.5. The Morgan fingerprint density at radius 3 is 2.40 bits per heavy atom. The van der Waals surface area contributed by atoms with Gasteiger partial charge in [0.25, 0.3) is 5.56 Å². The summed E-state index contributed by atoms with van der Waals surface area (Å²) >= 11 is 0. The maximum absolute atomic E-state index is 12.5. The first-order valence-corrected chi connectivity index (χ1v) is 8.12. The number of likely N-dealkylation sites (tertiary alicyclic amines) is 1. The van der Waals surface area contributed by atoms with Crippen molar-refractivity contribution in [1.82, 2.24) is 29.4 Å². The summed E-state index contributed by atoms with van der Waals surface area (Å²) in [6.45, 7) is 3.74. The van der Waals surface area contributed by atoms with Crippen LogP contribution in [-0.4, -0.2) is 49.1 Å². The maximum Gasteiger partial charge on any atom is 0.433 e. The van der Waals surface area contributed by atoms with Crippen molar-refractivity contribution >= 4 is 0 Å². The second kappa shape index (κ2) is 7.34. The zero-order valence-corrected chi connectivity index (χ0v) is 13.6. The number of piperidine rings is 1. The minimum Gasteiger partial charge on any atom is -0.301 e. The van der Waals surface area contributed by atoms with Gasteiger partial charge < -0.3 is 4.90 Å². The van der Waals surface area contributed by atoms with E-state index in [0.717, 1.165) is 45.3 Å². The van der Waals surface area contributed by atoms with Crippen LogP contribution in [0.15, 0.2) is 29.6 Å². The summed E-state index contributed by atoms with van der Waals surface area (Å²) in [7, 11) is 0. The molecule has 3 rings (SSSR count). The highest BCUT2D eigenvalue weighted by atomic mass is 19.4. The van der Waals surface area contributed by atoms with Gasteiger partial charge in [-0.2, -0.15) is 28.2 Å². The van der Waals surface area contributed by atoms with Gasteiger partial charge in [0.2, 0.25) is 0 Å². The summed E-state index contributed by atoms with van der Waals surface area (Å²) < 4.78 is 38.9. The van der Waals surface area contributed by atoms with Gasteiger partial charge in [0.1, 0.15) is 0 Å². The molecule has 0 unspecified atom stereocenters. The average molecular weight is 356 g/mol. The molecule has 0 aromatic carbocycles. The molecule has 7 nitrogen and oxygen atoms in total. The van der Waals surface area contributed by atoms with Crippen LogP contribution in [0.1, 0.15) is 18.5 Å². The van der Waals surface area contributed by atoms with Crippen LogP contribution in [0, 0.1) is 5.92 Å². The van der Waals surface area contributed by atoms with Crippen molar-refractivity contribution < 1.29 is 13.2 Å². The molecule has 10 heteroatoms. The van der Waals surface area contributed by atoms with E-state index >= 15 is 0 Å². The first-order chi connectivity index (χ1) is 11.9. The fourth-order valence-electron chi connectivity index (χ4n) is 2.98. The van der Waals surface area contributed by atoms with Gasteiger partial charge in [-0.3, -0.25) is 9.36 Å². The van der Waals surface area contributed by atoms with E-state index in [2.05, 4.69) is 20.1 Å². The summed E-state index contributed by atoms with van der Waals surface area (Å²) in [5.74, 6) is 0.260. The molecular formula is C15H19F3N6O. The molecule has 0 atom stereocenters. The Labute approximate surface area is 142 Å². The molecule has 1 aliphatic rings. The predicted molar refractivity (Wildman–Crippen MR) is 82.7 cm³/mol. The van der Waals surface area contributed by atoms with Crippen LogP contribution in [0.2, 0.25) is 0 Å². The highest BCUT2D eigenvalue weighted by Crippen LogP contribution is 2.26. The summed E-state index contributed by atoms with van der Waals surface area (Å²) in [4.78, 5) is 19.2. The minimum absolute atomic E-state index is 0.260. The van der Waals surface area contributed by atoms with Gasteiger partial charge in [0.05, 0.1) is 25.3 Å². The second-order valence-corrected chi connectivity index (χ2v) is 6.17. The SMILES string of the molecule is O=c1cc(C(F)(F)F)ncn1CC1CCN(CCn2nccn2)CC1. The Morgan fingerprint density at radius 2 is 1.80 bits per heavy atom. The molecule has 1 fully saturated rings. The van der Waals surface area contributed by atoms with E-state index in [4.69, 9.17) is 0 Å². The van der Waals surface area contributed by atoms with Crippen molar-refractivity contribution in [3.8, 4) is 0 Å². The van der Waals surface area contributed by atoms with Gasteiger partial charge in [-0.1, -0.05) is 0 Å². The summed E-state index contributed by atoms with van der Waals surface area (Å²) in [6, 6.07) is 0.562. The van der Waals surface area contributed by atoms with Gasteiger partial charge >= 0.3 is 6.18 Å². The monoisotopic (exact) mass is 356 g/mol. The second-order valence-electron chi connectivity index (χ2n) is 6.17. The first-order valence-electron chi connectivity index (χ1n) is 8.12. The zero-order chi connectivity index (χ0) is 17.9. The topological polar surface area (TPSA) is 68.8 Å². The molecule has 1 saturated heterocycles. The van der Waals surface area contributed by atoms with Crippen LogP contribution in [0.3, 0.4) is 0 Å². The molecule has 0 bridgehead atoms. The molecule has 25 heavy (non-hydrogen) atoms. The van der Waals surface area contributed by atoms with Gasteiger partial charge in [0.15, 0.2) is 5.69 Å². The van der Waals surface area contributed by atoms with Gasteiger partial charge in [0, 0.05) is 19.2 Å². The van der Waals surface area contributed by atoms with E-state index in [-0.39, 0.29) is 5.92 Å². The van der Waals surface area contributed by atoms with Gasteiger partial charge in [-0.25, -0.2) is 4.98 Å². The van der Waals surface area contributed by atoms with E-state index in [1.54, 1.807) is 17.2 Å². The van der Waals surface area contributed by atoms with Crippen molar-refractivity contribution in [1.29, 1.82) is 0 Å². The quantitative estimate of drug-likeness (QED) is 0.807.